The van der Waals surface area contributed by atoms with Gasteiger partial charge in [-0.25, -0.2) is 4.98 Å². The first-order chi connectivity index (χ1) is 7.29. The van der Waals surface area contributed by atoms with Gasteiger partial charge < -0.3 is 4.90 Å². The molecule has 3 nitrogen and oxygen atoms in total. The highest BCUT2D eigenvalue weighted by atomic mass is 19.4. The number of halogens is 4. The van der Waals surface area contributed by atoms with Gasteiger partial charge in [0.25, 0.3) is 5.91 Å². The number of amides is 1. The van der Waals surface area contributed by atoms with Crippen molar-refractivity contribution in [1.82, 2.24) is 9.88 Å². The molecule has 1 aromatic rings. The summed E-state index contributed by atoms with van der Waals surface area (Å²) >= 11 is 0. The van der Waals surface area contributed by atoms with E-state index >= 15 is 0 Å². The molecule has 88 valence electrons. The third-order valence-corrected chi connectivity index (χ3v) is 1.74. The number of rotatable bonds is 2. The Bertz CT molecular complexity index is 391. The minimum Gasteiger partial charge on any atom is -0.333 e. The summed E-state index contributed by atoms with van der Waals surface area (Å²) in [4.78, 5) is 15.1. The Hall–Kier alpha value is -1.66. The average Bonchev–Trinajstić information content (AvgIpc) is 2.14. The maximum Gasteiger partial charge on any atom is 0.406 e. The van der Waals surface area contributed by atoms with Gasteiger partial charge in [-0.1, -0.05) is 0 Å². The van der Waals surface area contributed by atoms with Gasteiger partial charge in [0, 0.05) is 24.9 Å². The highest BCUT2D eigenvalue weighted by molar-refractivity contribution is 5.93. The van der Waals surface area contributed by atoms with Crippen molar-refractivity contribution in [3.05, 3.63) is 29.8 Å². The minimum atomic E-state index is -4.48. The van der Waals surface area contributed by atoms with Gasteiger partial charge in [-0.15, -0.1) is 0 Å². The van der Waals surface area contributed by atoms with E-state index in [1.54, 1.807) is 0 Å². The molecule has 1 amide bonds. The summed E-state index contributed by atoms with van der Waals surface area (Å²) in [7, 11) is 0.994. The Morgan fingerprint density at radius 1 is 1.50 bits per heavy atom. The van der Waals surface area contributed by atoms with Crippen LogP contribution in [0.3, 0.4) is 0 Å². The van der Waals surface area contributed by atoms with Gasteiger partial charge in [0.15, 0.2) is 0 Å². The van der Waals surface area contributed by atoms with E-state index in [0.29, 0.717) is 4.90 Å². The smallest absolute Gasteiger partial charge is 0.333 e. The van der Waals surface area contributed by atoms with E-state index in [1.807, 2.05) is 0 Å². The average molecular weight is 236 g/mol. The second-order valence-electron chi connectivity index (χ2n) is 3.14. The topological polar surface area (TPSA) is 33.2 Å². The van der Waals surface area contributed by atoms with Gasteiger partial charge >= 0.3 is 6.18 Å². The van der Waals surface area contributed by atoms with Gasteiger partial charge in [0.05, 0.1) is 0 Å². The van der Waals surface area contributed by atoms with Gasteiger partial charge in [0.2, 0.25) is 5.95 Å². The predicted octanol–water partition coefficient (Wildman–Crippen LogP) is 1.85. The Labute approximate surface area is 88.7 Å². The molecule has 0 atom stereocenters. The largest absolute Gasteiger partial charge is 0.406 e. The van der Waals surface area contributed by atoms with E-state index in [1.165, 1.54) is 0 Å². The number of hydrogen-bond acceptors (Lipinski definition) is 2. The Morgan fingerprint density at radius 2 is 2.12 bits per heavy atom. The van der Waals surface area contributed by atoms with Crippen molar-refractivity contribution in [2.24, 2.45) is 0 Å². The molecular weight excluding hydrogens is 228 g/mol. The lowest BCUT2D eigenvalue weighted by Crippen LogP contribution is -2.35. The fourth-order valence-corrected chi connectivity index (χ4v) is 1.10. The summed E-state index contributed by atoms with van der Waals surface area (Å²) in [5, 5.41) is 0. The fourth-order valence-electron chi connectivity index (χ4n) is 1.10. The molecule has 0 radical (unpaired) electrons. The summed E-state index contributed by atoms with van der Waals surface area (Å²) < 4.78 is 48.6. The number of nitrogens with zero attached hydrogens (tertiary/aromatic N) is 2. The van der Waals surface area contributed by atoms with E-state index in [0.717, 1.165) is 25.4 Å². The molecule has 0 aliphatic heterocycles. The molecule has 0 saturated heterocycles. The van der Waals surface area contributed by atoms with Crippen LogP contribution in [0.5, 0.6) is 0 Å². The third-order valence-electron chi connectivity index (χ3n) is 1.74. The van der Waals surface area contributed by atoms with Crippen molar-refractivity contribution in [3.63, 3.8) is 0 Å². The van der Waals surface area contributed by atoms with E-state index in [4.69, 9.17) is 0 Å². The van der Waals surface area contributed by atoms with Crippen molar-refractivity contribution in [2.45, 2.75) is 6.18 Å². The number of aromatic nitrogens is 1. The molecule has 7 heteroatoms. The summed E-state index contributed by atoms with van der Waals surface area (Å²) in [6, 6.07) is 1.94. The van der Waals surface area contributed by atoms with E-state index in [9.17, 15) is 22.4 Å². The Kier molecular flexibility index (Phi) is 3.46. The van der Waals surface area contributed by atoms with Crippen molar-refractivity contribution in [1.29, 1.82) is 0 Å². The lowest BCUT2D eigenvalue weighted by Gasteiger charge is -2.18. The number of hydrogen-bond donors (Lipinski definition) is 0. The van der Waals surface area contributed by atoms with Crippen LogP contribution in [0.1, 0.15) is 10.4 Å². The predicted molar refractivity (Wildman–Crippen MR) is 47.2 cm³/mol. The Morgan fingerprint density at radius 3 is 2.62 bits per heavy atom. The van der Waals surface area contributed by atoms with Crippen molar-refractivity contribution in [2.75, 3.05) is 13.6 Å². The number of carbonyl (C=O) groups is 1. The molecule has 0 fully saturated rings. The molecule has 1 heterocycles. The van der Waals surface area contributed by atoms with Gasteiger partial charge in [-0.05, 0) is 6.07 Å². The molecular formula is C9H8F4N2O. The number of pyridine rings is 1. The minimum absolute atomic E-state index is 0.167. The van der Waals surface area contributed by atoms with Gasteiger partial charge in [-0.3, -0.25) is 4.79 Å². The zero-order chi connectivity index (χ0) is 12.3. The quantitative estimate of drug-likeness (QED) is 0.580. The van der Waals surface area contributed by atoms with Crippen LogP contribution < -0.4 is 0 Å². The number of alkyl halides is 3. The first-order valence-corrected chi connectivity index (χ1v) is 4.23. The fraction of sp³-hybridized carbons (Fsp3) is 0.333. The van der Waals surface area contributed by atoms with Gasteiger partial charge in [0.1, 0.15) is 6.54 Å². The zero-order valence-corrected chi connectivity index (χ0v) is 8.25. The van der Waals surface area contributed by atoms with E-state index in [-0.39, 0.29) is 5.56 Å². The van der Waals surface area contributed by atoms with Crippen LogP contribution in [0.2, 0.25) is 0 Å². The van der Waals surface area contributed by atoms with Crippen LogP contribution in [0.4, 0.5) is 17.6 Å². The molecule has 0 aromatic carbocycles. The summed E-state index contributed by atoms with van der Waals surface area (Å²) in [5.41, 5.74) is -0.167. The second-order valence-corrected chi connectivity index (χ2v) is 3.14. The van der Waals surface area contributed by atoms with Crippen LogP contribution in [-0.2, 0) is 0 Å². The molecule has 16 heavy (non-hydrogen) atoms. The van der Waals surface area contributed by atoms with Crippen LogP contribution >= 0.6 is 0 Å². The molecule has 1 aromatic heterocycles. The number of carbonyl (C=O) groups excluding carboxylic acids is 1. The summed E-state index contributed by atoms with van der Waals surface area (Å²) in [6.07, 6.45) is -3.46. The molecule has 0 aliphatic carbocycles. The molecule has 0 spiro atoms. The standard InChI is InChI=1S/C9H8F4N2O/c1-15(5-9(11,12)13)8(16)6-2-3-14-7(10)4-6/h2-4H,5H2,1H3. The maximum atomic E-state index is 12.6. The van der Waals surface area contributed by atoms with Crippen LogP contribution in [0.15, 0.2) is 18.3 Å². The van der Waals surface area contributed by atoms with E-state index < -0.39 is 24.6 Å². The van der Waals surface area contributed by atoms with Crippen molar-refractivity contribution in [3.8, 4) is 0 Å². The van der Waals surface area contributed by atoms with Crippen molar-refractivity contribution >= 4 is 5.91 Å². The van der Waals surface area contributed by atoms with E-state index in [2.05, 4.69) is 4.98 Å². The summed E-state index contributed by atoms with van der Waals surface area (Å²) in [5.74, 6) is -1.81. The third kappa shape index (κ3) is 3.48. The zero-order valence-electron chi connectivity index (χ0n) is 8.25. The molecule has 0 aliphatic rings. The molecule has 0 saturated carbocycles. The van der Waals surface area contributed by atoms with Gasteiger partial charge in [-0.2, -0.15) is 17.6 Å². The normalized spacial score (nSPS) is 11.3. The molecule has 1 rings (SSSR count). The van der Waals surface area contributed by atoms with Crippen LogP contribution in [0.25, 0.3) is 0 Å². The van der Waals surface area contributed by atoms with Crippen LogP contribution in [0, 0.1) is 5.95 Å². The second kappa shape index (κ2) is 4.46. The highest BCUT2D eigenvalue weighted by Gasteiger charge is 2.31. The SMILES string of the molecule is CN(CC(F)(F)F)C(=O)c1ccnc(F)c1. The first kappa shape index (κ1) is 12.4. The maximum absolute atomic E-state index is 12.6. The lowest BCUT2D eigenvalue weighted by molar-refractivity contribution is -0.138. The monoisotopic (exact) mass is 236 g/mol. The molecule has 0 unspecified atom stereocenters. The lowest BCUT2D eigenvalue weighted by atomic mass is 10.2. The first-order valence-electron chi connectivity index (χ1n) is 4.23. The van der Waals surface area contributed by atoms with Crippen molar-refractivity contribution < 1.29 is 22.4 Å². The summed E-state index contributed by atoms with van der Waals surface area (Å²) in [6.45, 7) is -1.38. The molecule has 0 bridgehead atoms. The molecule has 0 N–H and O–H groups in total. The highest BCUT2D eigenvalue weighted by Crippen LogP contribution is 2.16. The van der Waals surface area contributed by atoms with Crippen LogP contribution in [-0.4, -0.2) is 35.6 Å². The Balaban J connectivity index is 2.78.